The molecule has 0 fully saturated rings. The first kappa shape index (κ1) is 15.4. The number of aromatic nitrogens is 1. The Morgan fingerprint density at radius 1 is 1.52 bits per heavy atom. The summed E-state index contributed by atoms with van der Waals surface area (Å²) in [7, 11) is 0. The average molecular weight is 336 g/mol. The molecule has 1 aliphatic heterocycles. The van der Waals surface area contributed by atoms with Crippen molar-refractivity contribution in [1.29, 1.82) is 0 Å². The molecule has 0 unspecified atom stereocenters. The molecule has 1 aromatic heterocycles. The van der Waals surface area contributed by atoms with E-state index in [0.717, 1.165) is 0 Å². The van der Waals surface area contributed by atoms with E-state index in [9.17, 15) is 14.0 Å². The lowest BCUT2D eigenvalue weighted by molar-refractivity contribution is -0.114. The van der Waals surface area contributed by atoms with Gasteiger partial charge in [-0.25, -0.2) is 4.98 Å². The van der Waals surface area contributed by atoms with Gasteiger partial charge in [0.15, 0.2) is 22.4 Å². The van der Waals surface area contributed by atoms with Crippen molar-refractivity contribution >= 4 is 28.2 Å². The number of nitrogens with one attached hydrogen (secondary N) is 1. The van der Waals surface area contributed by atoms with Crippen molar-refractivity contribution in [3.05, 3.63) is 34.6 Å². The third kappa shape index (κ3) is 3.31. The molecule has 23 heavy (non-hydrogen) atoms. The Hall–Kier alpha value is -2.48. The number of ether oxygens (including phenoxy) is 2. The molecule has 8 heteroatoms. The number of fused-ring (bicyclic) bond motifs is 1. The van der Waals surface area contributed by atoms with Crippen LogP contribution in [-0.4, -0.2) is 23.3 Å². The van der Waals surface area contributed by atoms with Crippen LogP contribution in [0.15, 0.2) is 17.5 Å². The average Bonchev–Trinajstić information content (AvgIpc) is 2.94. The normalized spacial score (nSPS) is 13.2. The Labute approximate surface area is 135 Å². The standard InChI is InChI=1S/C15H13FN2O4S/c1-8(19)17-15-18-9(7-23-15)6-22-12-3-2-10-11(20)4-5-21-14(10)13(12)16/h2-3,7H,4-6H2,1H3,(H,17,18,19). The van der Waals surface area contributed by atoms with Crippen molar-refractivity contribution in [2.75, 3.05) is 11.9 Å². The van der Waals surface area contributed by atoms with E-state index in [0.29, 0.717) is 10.8 Å². The number of carbonyl (C=O) groups excluding carboxylic acids is 2. The first-order valence-electron chi connectivity index (χ1n) is 6.88. The van der Waals surface area contributed by atoms with Crippen LogP contribution in [0.1, 0.15) is 29.4 Å². The fourth-order valence-electron chi connectivity index (χ4n) is 2.12. The summed E-state index contributed by atoms with van der Waals surface area (Å²) in [6.45, 7) is 1.60. The molecule has 0 radical (unpaired) electrons. The Morgan fingerprint density at radius 2 is 2.35 bits per heavy atom. The first-order chi connectivity index (χ1) is 11.0. The molecule has 1 N–H and O–H groups in total. The van der Waals surface area contributed by atoms with Crippen LogP contribution >= 0.6 is 11.3 Å². The molecular weight excluding hydrogens is 323 g/mol. The predicted octanol–water partition coefficient (Wildman–Crippen LogP) is 2.78. The van der Waals surface area contributed by atoms with Gasteiger partial charge in [-0.2, -0.15) is 4.39 Å². The second-order valence-electron chi connectivity index (χ2n) is 4.89. The Kier molecular flexibility index (Phi) is 4.24. The smallest absolute Gasteiger partial charge is 0.223 e. The number of benzene rings is 1. The lowest BCUT2D eigenvalue weighted by Crippen LogP contribution is -2.16. The number of nitrogens with zero attached hydrogens (tertiary/aromatic N) is 1. The van der Waals surface area contributed by atoms with Gasteiger partial charge in [-0.3, -0.25) is 9.59 Å². The van der Waals surface area contributed by atoms with Crippen LogP contribution in [0.2, 0.25) is 0 Å². The zero-order chi connectivity index (χ0) is 16.4. The molecule has 0 aliphatic carbocycles. The van der Waals surface area contributed by atoms with E-state index in [1.165, 1.54) is 30.4 Å². The second-order valence-corrected chi connectivity index (χ2v) is 5.75. The number of halogens is 1. The highest BCUT2D eigenvalue weighted by atomic mass is 32.1. The summed E-state index contributed by atoms with van der Waals surface area (Å²) in [5.41, 5.74) is 0.801. The second kappa shape index (κ2) is 6.33. The van der Waals surface area contributed by atoms with Gasteiger partial charge < -0.3 is 14.8 Å². The van der Waals surface area contributed by atoms with Crippen LogP contribution in [0.3, 0.4) is 0 Å². The van der Waals surface area contributed by atoms with Gasteiger partial charge in [0.2, 0.25) is 11.7 Å². The van der Waals surface area contributed by atoms with Crippen LogP contribution in [0.25, 0.3) is 0 Å². The van der Waals surface area contributed by atoms with Gasteiger partial charge >= 0.3 is 0 Å². The van der Waals surface area contributed by atoms with Gasteiger partial charge in [-0.15, -0.1) is 11.3 Å². The maximum absolute atomic E-state index is 14.3. The molecule has 0 atom stereocenters. The lowest BCUT2D eigenvalue weighted by Gasteiger charge is -2.18. The van der Waals surface area contributed by atoms with Crippen molar-refractivity contribution in [1.82, 2.24) is 4.98 Å². The number of hydrogen-bond acceptors (Lipinski definition) is 6. The molecule has 1 amide bonds. The summed E-state index contributed by atoms with van der Waals surface area (Å²) >= 11 is 1.25. The molecule has 2 heterocycles. The topological polar surface area (TPSA) is 77.5 Å². The van der Waals surface area contributed by atoms with E-state index in [2.05, 4.69) is 10.3 Å². The van der Waals surface area contributed by atoms with Crippen LogP contribution in [0.4, 0.5) is 9.52 Å². The van der Waals surface area contributed by atoms with Gasteiger partial charge in [-0.05, 0) is 12.1 Å². The molecule has 0 saturated heterocycles. The maximum atomic E-state index is 14.3. The fourth-order valence-corrected chi connectivity index (χ4v) is 2.86. The summed E-state index contributed by atoms with van der Waals surface area (Å²) in [6, 6.07) is 2.90. The Bertz CT molecular complexity index is 775. The summed E-state index contributed by atoms with van der Waals surface area (Å²) in [4.78, 5) is 26.8. The minimum atomic E-state index is -0.687. The largest absolute Gasteiger partial charge is 0.489 e. The van der Waals surface area contributed by atoms with Crippen molar-refractivity contribution in [3.63, 3.8) is 0 Å². The van der Waals surface area contributed by atoms with Crippen LogP contribution in [-0.2, 0) is 11.4 Å². The molecule has 1 aliphatic rings. The van der Waals surface area contributed by atoms with Crippen molar-refractivity contribution in [2.45, 2.75) is 20.0 Å². The Balaban J connectivity index is 1.72. The van der Waals surface area contributed by atoms with Gasteiger partial charge in [0, 0.05) is 18.7 Å². The lowest BCUT2D eigenvalue weighted by atomic mass is 10.0. The summed E-state index contributed by atoms with van der Waals surface area (Å²) in [5.74, 6) is -1.11. The zero-order valence-electron chi connectivity index (χ0n) is 12.2. The monoisotopic (exact) mass is 336 g/mol. The fraction of sp³-hybridized carbons (Fsp3) is 0.267. The highest BCUT2D eigenvalue weighted by Gasteiger charge is 2.24. The number of rotatable bonds is 4. The maximum Gasteiger partial charge on any atom is 0.223 e. The summed E-state index contributed by atoms with van der Waals surface area (Å²) < 4.78 is 25.0. The van der Waals surface area contributed by atoms with E-state index in [-0.39, 0.29) is 48.4 Å². The molecule has 0 saturated carbocycles. The van der Waals surface area contributed by atoms with E-state index in [1.807, 2.05) is 0 Å². The van der Waals surface area contributed by atoms with Crippen LogP contribution < -0.4 is 14.8 Å². The SMILES string of the molecule is CC(=O)Nc1nc(COc2ccc3c(c2F)OCCC3=O)cs1. The zero-order valence-corrected chi connectivity index (χ0v) is 13.0. The molecule has 120 valence electrons. The number of thiazole rings is 1. The van der Waals surface area contributed by atoms with Crippen LogP contribution in [0.5, 0.6) is 11.5 Å². The highest BCUT2D eigenvalue weighted by Crippen LogP contribution is 2.34. The summed E-state index contributed by atoms with van der Waals surface area (Å²) in [6.07, 6.45) is 0.247. The van der Waals surface area contributed by atoms with Gasteiger partial charge in [0.05, 0.1) is 17.9 Å². The third-order valence-electron chi connectivity index (χ3n) is 3.15. The molecule has 1 aromatic carbocycles. The number of ketones is 1. The Morgan fingerprint density at radius 3 is 3.13 bits per heavy atom. The van der Waals surface area contributed by atoms with Crippen LogP contribution in [0, 0.1) is 5.82 Å². The molecular formula is C15H13FN2O4S. The number of Topliss-reactive ketones (excluding diaryl/α,β-unsaturated/α-hetero) is 1. The van der Waals surface area contributed by atoms with Crippen molar-refractivity contribution in [2.24, 2.45) is 0 Å². The predicted molar refractivity (Wildman–Crippen MR) is 81.6 cm³/mol. The van der Waals surface area contributed by atoms with E-state index >= 15 is 0 Å². The van der Waals surface area contributed by atoms with E-state index < -0.39 is 5.82 Å². The molecule has 6 nitrogen and oxygen atoms in total. The van der Waals surface area contributed by atoms with Gasteiger partial charge in [0.1, 0.15) is 6.61 Å². The molecule has 0 spiro atoms. The highest BCUT2D eigenvalue weighted by molar-refractivity contribution is 7.13. The van der Waals surface area contributed by atoms with Gasteiger partial charge in [0.25, 0.3) is 0 Å². The number of hydrogen-bond donors (Lipinski definition) is 1. The van der Waals surface area contributed by atoms with E-state index in [1.54, 1.807) is 5.38 Å². The molecule has 2 aromatic rings. The van der Waals surface area contributed by atoms with Crippen molar-refractivity contribution < 1.29 is 23.5 Å². The quantitative estimate of drug-likeness (QED) is 0.929. The third-order valence-corrected chi connectivity index (χ3v) is 3.95. The number of carbonyl (C=O) groups is 2. The molecule has 3 rings (SSSR count). The first-order valence-corrected chi connectivity index (χ1v) is 7.76. The number of anilines is 1. The molecule has 0 bridgehead atoms. The minimum absolute atomic E-state index is 0.00692. The minimum Gasteiger partial charge on any atom is -0.489 e. The summed E-state index contributed by atoms with van der Waals surface area (Å²) in [5, 5.41) is 4.73. The van der Waals surface area contributed by atoms with Gasteiger partial charge in [-0.1, -0.05) is 0 Å². The van der Waals surface area contributed by atoms with Crippen molar-refractivity contribution in [3.8, 4) is 11.5 Å². The number of amides is 1. The van der Waals surface area contributed by atoms with E-state index in [4.69, 9.17) is 9.47 Å².